The molecule has 0 N–H and O–H groups in total. The minimum absolute atomic E-state index is 0.690. The van der Waals surface area contributed by atoms with Gasteiger partial charge in [-0.05, 0) is 22.8 Å². The van der Waals surface area contributed by atoms with E-state index in [1.54, 1.807) is 0 Å². The van der Waals surface area contributed by atoms with E-state index in [1.165, 1.54) is 22.0 Å². The van der Waals surface area contributed by atoms with Crippen LogP contribution in [0.4, 0.5) is 0 Å². The Kier molecular flexibility index (Phi) is 3.73. The van der Waals surface area contributed by atoms with Crippen LogP contribution in [0.15, 0.2) is 79.4 Å². The predicted octanol–water partition coefficient (Wildman–Crippen LogP) is 5.61. The van der Waals surface area contributed by atoms with Crippen LogP contribution in [0.2, 0.25) is 0 Å². The van der Waals surface area contributed by atoms with Crippen LogP contribution in [-0.4, -0.2) is 0 Å². The van der Waals surface area contributed by atoms with Crippen LogP contribution in [0.5, 0.6) is 5.75 Å². The molecule has 1 heterocycles. The zero-order valence-electron chi connectivity index (χ0n) is 12.8. The molecule has 3 aromatic rings. The van der Waals surface area contributed by atoms with Crippen LogP contribution < -0.4 is 9.83 Å². The molecule has 1 nitrogen and oxygen atoms in total. The highest BCUT2D eigenvalue weighted by molar-refractivity contribution is 7.61. The second-order valence-electron chi connectivity index (χ2n) is 5.59. The minimum Gasteiger partial charge on any atom is -0.468 e. The van der Waals surface area contributed by atoms with Gasteiger partial charge in [0, 0.05) is 17.0 Å². The second-order valence-corrected chi connectivity index (χ2v) is 7.32. The van der Waals surface area contributed by atoms with Crippen LogP contribution in [-0.2, 0) is 6.16 Å². The molecule has 0 radical (unpaired) electrons. The van der Waals surface area contributed by atoms with Gasteiger partial charge >= 0.3 is 0 Å². The Hall–Kier alpha value is -2.37. The maximum atomic E-state index is 6.36. The van der Waals surface area contributed by atoms with Crippen molar-refractivity contribution in [1.29, 1.82) is 0 Å². The van der Waals surface area contributed by atoms with Gasteiger partial charge < -0.3 is 4.52 Å². The zero-order valence-corrected chi connectivity index (χ0v) is 13.7. The Morgan fingerprint density at radius 3 is 2.30 bits per heavy atom. The van der Waals surface area contributed by atoms with Gasteiger partial charge in [0.25, 0.3) is 0 Å². The lowest BCUT2D eigenvalue weighted by atomic mass is 10.0. The third-order valence-electron chi connectivity index (χ3n) is 4.10. The monoisotopic (exact) mass is 316 g/mol. The Morgan fingerprint density at radius 2 is 1.52 bits per heavy atom. The van der Waals surface area contributed by atoms with E-state index in [0.29, 0.717) is 0 Å². The van der Waals surface area contributed by atoms with Crippen LogP contribution >= 0.6 is 8.15 Å². The number of hydrogen-bond donors (Lipinski definition) is 0. The molecule has 1 atom stereocenters. The van der Waals surface area contributed by atoms with Gasteiger partial charge in [-0.1, -0.05) is 79.4 Å². The van der Waals surface area contributed by atoms with E-state index in [9.17, 15) is 0 Å². The molecule has 23 heavy (non-hydrogen) atoms. The van der Waals surface area contributed by atoms with Crippen LogP contribution in [0.1, 0.15) is 11.1 Å². The third-order valence-corrected chi connectivity index (χ3v) is 6.10. The quantitative estimate of drug-likeness (QED) is 0.571. The molecular weight excluding hydrogens is 299 g/mol. The van der Waals surface area contributed by atoms with Gasteiger partial charge in [0.05, 0.1) is 0 Å². The zero-order chi connectivity index (χ0) is 15.6. The van der Waals surface area contributed by atoms with Crippen molar-refractivity contribution in [2.75, 3.05) is 0 Å². The maximum absolute atomic E-state index is 6.36. The first-order valence-corrected chi connectivity index (χ1v) is 9.15. The van der Waals surface area contributed by atoms with Crippen molar-refractivity contribution in [1.82, 2.24) is 0 Å². The number of rotatable bonds is 3. The van der Waals surface area contributed by atoms with E-state index in [1.807, 2.05) is 12.1 Å². The van der Waals surface area contributed by atoms with Crippen molar-refractivity contribution in [3.05, 3.63) is 90.5 Å². The molecule has 0 fully saturated rings. The van der Waals surface area contributed by atoms with Gasteiger partial charge in [-0.3, -0.25) is 0 Å². The topological polar surface area (TPSA) is 9.23 Å². The summed E-state index contributed by atoms with van der Waals surface area (Å²) in [5.74, 6) is 1.00. The molecule has 4 rings (SSSR count). The Bertz CT molecular complexity index is 852. The van der Waals surface area contributed by atoms with Crippen LogP contribution in [0, 0.1) is 0 Å². The summed E-state index contributed by atoms with van der Waals surface area (Å²) < 4.78 is 6.36. The fraction of sp³-hybridized carbons (Fsp3) is 0.0476. The van der Waals surface area contributed by atoms with Gasteiger partial charge in [0.1, 0.15) is 13.9 Å². The van der Waals surface area contributed by atoms with Crippen molar-refractivity contribution >= 4 is 19.5 Å². The highest BCUT2D eigenvalue weighted by Crippen LogP contribution is 2.50. The molecular formula is C21H17OP. The summed E-state index contributed by atoms with van der Waals surface area (Å²) >= 11 is 0. The van der Waals surface area contributed by atoms with Crippen molar-refractivity contribution in [3.63, 3.8) is 0 Å². The van der Waals surface area contributed by atoms with E-state index in [2.05, 4.69) is 73.3 Å². The van der Waals surface area contributed by atoms with Gasteiger partial charge in [0.2, 0.25) is 0 Å². The molecule has 0 amide bonds. The lowest BCUT2D eigenvalue weighted by Gasteiger charge is -2.28. The Balaban J connectivity index is 1.71. The van der Waals surface area contributed by atoms with Crippen LogP contribution in [0.3, 0.4) is 0 Å². The smallest absolute Gasteiger partial charge is 0.131 e. The summed E-state index contributed by atoms with van der Waals surface area (Å²) in [5.41, 5.74) is 4.96. The molecule has 0 bridgehead atoms. The molecule has 0 saturated heterocycles. The van der Waals surface area contributed by atoms with Crippen LogP contribution in [0.25, 0.3) is 17.2 Å². The summed E-state index contributed by atoms with van der Waals surface area (Å²) in [6.07, 6.45) is 2.80. The molecule has 1 aliphatic heterocycles. The largest absolute Gasteiger partial charge is 0.468 e. The van der Waals surface area contributed by atoms with E-state index in [0.717, 1.165) is 17.5 Å². The summed E-state index contributed by atoms with van der Waals surface area (Å²) in [6, 6.07) is 25.5. The van der Waals surface area contributed by atoms with Crippen molar-refractivity contribution < 1.29 is 4.52 Å². The molecule has 0 aliphatic carbocycles. The Labute approximate surface area is 138 Å². The molecule has 0 spiro atoms. The lowest BCUT2D eigenvalue weighted by Crippen LogP contribution is -2.15. The summed E-state index contributed by atoms with van der Waals surface area (Å²) in [5, 5.41) is 1.33. The third kappa shape index (κ3) is 2.69. The average Bonchev–Trinajstić information content (AvgIpc) is 2.62. The van der Waals surface area contributed by atoms with E-state index in [4.69, 9.17) is 4.52 Å². The summed E-state index contributed by atoms with van der Waals surface area (Å²) in [6.45, 7) is 3.81. The fourth-order valence-corrected chi connectivity index (χ4v) is 4.89. The molecule has 0 aromatic heterocycles. The first-order valence-electron chi connectivity index (χ1n) is 7.70. The van der Waals surface area contributed by atoms with E-state index in [-0.39, 0.29) is 0 Å². The summed E-state index contributed by atoms with van der Waals surface area (Å²) in [4.78, 5) is 0. The number of hydrogen-bond acceptors (Lipinski definition) is 1. The highest BCUT2D eigenvalue weighted by atomic mass is 31.1. The molecule has 112 valence electrons. The van der Waals surface area contributed by atoms with Crippen molar-refractivity contribution in [3.8, 4) is 16.9 Å². The average molecular weight is 316 g/mol. The van der Waals surface area contributed by atoms with E-state index >= 15 is 0 Å². The van der Waals surface area contributed by atoms with Gasteiger partial charge in [-0.15, -0.1) is 0 Å². The predicted molar refractivity (Wildman–Crippen MR) is 99.3 cm³/mol. The number of fused-ring (bicyclic) bond motifs is 3. The second kappa shape index (κ2) is 6.02. The van der Waals surface area contributed by atoms with Gasteiger partial charge in [-0.25, -0.2) is 0 Å². The standard InChI is InChI=1S/C21H17OP/c1-2-16-11-13-17(14-12-16)15-23-21-10-6-4-8-19(21)18-7-3-5-9-20(18)22-23/h2-14H,1,15H2. The summed E-state index contributed by atoms with van der Waals surface area (Å²) in [7, 11) is -0.690. The molecule has 1 unspecified atom stereocenters. The molecule has 1 aliphatic rings. The van der Waals surface area contributed by atoms with Crippen molar-refractivity contribution in [2.45, 2.75) is 6.16 Å². The molecule has 0 saturated carbocycles. The lowest BCUT2D eigenvalue weighted by molar-refractivity contribution is 0.619. The first-order chi connectivity index (χ1) is 11.3. The normalized spacial score (nSPS) is 15.2. The Morgan fingerprint density at radius 1 is 0.826 bits per heavy atom. The SMILES string of the molecule is C=Cc1ccc(CP2Oc3ccccc3-c3ccccc32)cc1. The minimum atomic E-state index is -0.690. The van der Waals surface area contributed by atoms with Crippen molar-refractivity contribution in [2.24, 2.45) is 0 Å². The number of para-hydroxylation sites is 1. The van der Waals surface area contributed by atoms with E-state index < -0.39 is 8.15 Å². The number of benzene rings is 3. The highest BCUT2D eigenvalue weighted by Gasteiger charge is 2.26. The first kappa shape index (κ1) is 14.2. The van der Waals surface area contributed by atoms with Gasteiger partial charge in [0.15, 0.2) is 0 Å². The molecule has 3 aromatic carbocycles. The fourth-order valence-electron chi connectivity index (χ4n) is 2.90. The maximum Gasteiger partial charge on any atom is 0.131 e. The van der Waals surface area contributed by atoms with Gasteiger partial charge in [-0.2, -0.15) is 0 Å². The molecule has 2 heteroatoms.